The van der Waals surface area contributed by atoms with E-state index in [-0.39, 0.29) is 22.8 Å². The molecule has 1 aliphatic heterocycles. The molecular formula is C19H23N3O3. The topological polar surface area (TPSA) is 77.2 Å². The van der Waals surface area contributed by atoms with Crippen molar-refractivity contribution in [1.29, 1.82) is 0 Å². The van der Waals surface area contributed by atoms with Crippen LogP contribution in [0.15, 0.2) is 28.8 Å². The largest absolute Gasteiger partial charge is 0.488 e. The van der Waals surface area contributed by atoms with Crippen molar-refractivity contribution in [2.24, 2.45) is 5.92 Å². The number of nitrogens with zero attached hydrogens (tertiary/aromatic N) is 2. The van der Waals surface area contributed by atoms with Crippen molar-refractivity contribution in [3.8, 4) is 5.75 Å². The summed E-state index contributed by atoms with van der Waals surface area (Å²) in [6, 6.07) is 8.10. The standard InChI is InChI=1S/C19H23N3O3/c1-12-21-16(25-22-12)8-9-20-17(23)14-10-19(14)11-18(2,3)24-15-7-5-4-6-13(15)19/h4-7,14H,8-11H2,1-3H3,(H,20,23)/t14-,19+/m1/s1. The first-order chi connectivity index (χ1) is 11.9. The Morgan fingerprint density at radius 3 is 2.92 bits per heavy atom. The van der Waals surface area contributed by atoms with Crippen LogP contribution in [0.1, 0.15) is 44.0 Å². The van der Waals surface area contributed by atoms with Crippen molar-refractivity contribution in [2.75, 3.05) is 6.54 Å². The number of ether oxygens (including phenoxy) is 1. The second kappa shape index (κ2) is 5.58. The lowest BCUT2D eigenvalue weighted by Crippen LogP contribution is -2.40. The fourth-order valence-corrected chi connectivity index (χ4v) is 4.16. The van der Waals surface area contributed by atoms with Gasteiger partial charge in [-0.1, -0.05) is 23.4 Å². The van der Waals surface area contributed by atoms with Gasteiger partial charge >= 0.3 is 0 Å². The van der Waals surface area contributed by atoms with Crippen LogP contribution in [0.5, 0.6) is 5.75 Å². The fraction of sp³-hybridized carbons (Fsp3) is 0.526. The predicted molar refractivity (Wildman–Crippen MR) is 91.3 cm³/mol. The molecule has 1 spiro atoms. The molecule has 0 unspecified atom stereocenters. The molecule has 132 valence electrons. The van der Waals surface area contributed by atoms with Crippen LogP contribution >= 0.6 is 0 Å². The summed E-state index contributed by atoms with van der Waals surface area (Å²) >= 11 is 0. The van der Waals surface area contributed by atoms with Crippen LogP contribution in [-0.4, -0.2) is 28.2 Å². The van der Waals surface area contributed by atoms with E-state index in [1.54, 1.807) is 6.92 Å². The van der Waals surface area contributed by atoms with Crippen molar-refractivity contribution >= 4 is 5.91 Å². The first-order valence-corrected chi connectivity index (χ1v) is 8.75. The zero-order valence-corrected chi connectivity index (χ0v) is 14.8. The monoisotopic (exact) mass is 341 g/mol. The summed E-state index contributed by atoms with van der Waals surface area (Å²) < 4.78 is 11.2. The molecule has 6 nitrogen and oxygen atoms in total. The number of aromatic nitrogens is 2. The predicted octanol–water partition coefficient (Wildman–Crippen LogP) is 2.56. The molecule has 1 aliphatic carbocycles. The molecule has 0 bridgehead atoms. The summed E-state index contributed by atoms with van der Waals surface area (Å²) in [5.74, 6) is 2.18. The third-order valence-electron chi connectivity index (χ3n) is 5.15. The van der Waals surface area contributed by atoms with E-state index in [1.165, 1.54) is 5.56 Å². The summed E-state index contributed by atoms with van der Waals surface area (Å²) in [5.41, 5.74) is 0.816. The maximum Gasteiger partial charge on any atom is 0.228 e. The zero-order valence-electron chi connectivity index (χ0n) is 14.8. The Bertz CT molecular complexity index is 814. The summed E-state index contributed by atoms with van der Waals surface area (Å²) in [6.07, 6.45) is 2.29. The first kappa shape index (κ1) is 16.1. The van der Waals surface area contributed by atoms with Gasteiger partial charge in [0.15, 0.2) is 5.82 Å². The van der Waals surface area contributed by atoms with Gasteiger partial charge in [-0.3, -0.25) is 4.79 Å². The van der Waals surface area contributed by atoms with E-state index in [2.05, 4.69) is 35.4 Å². The molecule has 1 amide bonds. The molecule has 1 aromatic heterocycles. The molecule has 1 saturated carbocycles. The van der Waals surface area contributed by atoms with E-state index in [0.717, 1.165) is 18.6 Å². The number of hydrogen-bond donors (Lipinski definition) is 1. The van der Waals surface area contributed by atoms with Gasteiger partial charge in [-0.2, -0.15) is 4.98 Å². The van der Waals surface area contributed by atoms with Crippen LogP contribution in [0.2, 0.25) is 0 Å². The van der Waals surface area contributed by atoms with Gasteiger partial charge in [0, 0.05) is 29.9 Å². The average molecular weight is 341 g/mol. The van der Waals surface area contributed by atoms with Crippen molar-refractivity contribution in [2.45, 2.75) is 51.0 Å². The third-order valence-corrected chi connectivity index (χ3v) is 5.15. The number of rotatable bonds is 4. The molecule has 0 saturated heterocycles. The minimum Gasteiger partial charge on any atom is -0.488 e. The summed E-state index contributed by atoms with van der Waals surface area (Å²) in [7, 11) is 0. The highest BCUT2D eigenvalue weighted by Gasteiger charge is 2.63. The Morgan fingerprint density at radius 2 is 2.16 bits per heavy atom. The van der Waals surface area contributed by atoms with Gasteiger partial charge in [0.2, 0.25) is 11.8 Å². The highest BCUT2D eigenvalue weighted by molar-refractivity contribution is 5.85. The Labute approximate surface area is 147 Å². The van der Waals surface area contributed by atoms with Gasteiger partial charge in [-0.25, -0.2) is 0 Å². The fourth-order valence-electron chi connectivity index (χ4n) is 4.16. The first-order valence-electron chi connectivity index (χ1n) is 8.75. The van der Waals surface area contributed by atoms with Crippen LogP contribution in [0.4, 0.5) is 0 Å². The summed E-state index contributed by atoms with van der Waals surface area (Å²) in [5, 5.41) is 6.78. The van der Waals surface area contributed by atoms with E-state index in [4.69, 9.17) is 9.26 Å². The highest BCUT2D eigenvalue weighted by Crippen LogP contribution is 2.63. The Hall–Kier alpha value is -2.37. The van der Waals surface area contributed by atoms with E-state index in [9.17, 15) is 4.79 Å². The molecular weight excluding hydrogens is 318 g/mol. The van der Waals surface area contributed by atoms with Gasteiger partial charge in [-0.15, -0.1) is 0 Å². The van der Waals surface area contributed by atoms with Gasteiger partial charge in [0.1, 0.15) is 11.4 Å². The van der Waals surface area contributed by atoms with Crippen LogP contribution < -0.4 is 10.1 Å². The van der Waals surface area contributed by atoms with Crippen molar-refractivity contribution in [3.05, 3.63) is 41.5 Å². The molecule has 0 radical (unpaired) electrons. The van der Waals surface area contributed by atoms with Crippen molar-refractivity contribution < 1.29 is 14.1 Å². The molecule has 2 heterocycles. The molecule has 2 aliphatic rings. The van der Waals surface area contributed by atoms with Crippen LogP contribution in [0, 0.1) is 12.8 Å². The lowest BCUT2D eigenvalue weighted by molar-refractivity contribution is -0.123. The van der Waals surface area contributed by atoms with E-state index in [1.807, 2.05) is 18.2 Å². The molecule has 2 atom stereocenters. The molecule has 25 heavy (non-hydrogen) atoms. The number of hydrogen-bond acceptors (Lipinski definition) is 5. The number of fused-ring (bicyclic) bond motifs is 2. The molecule has 1 fully saturated rings. The van der Waals surface area contributed by atoms with Gasteiger partial charge in [0.05, 0.1) is 0 Å². The van der Waals surface area contributed by atoms with Crippen molar-refractivity contribution in [1.82, 2.24) is 15.5 Å². The van der Waals surface area contributed by atoms with Crippen molar-refractivity contribution in [3.63, 3.8) is 0 Å². The number of benzene rings is 1. The van der Waals surface area contributed by atoms with Gasteiger partial charge in [-0.05, 0) is 39.7 Å². The third kappa shape index (κ3) is 2.90. The Kier molecular flexibility index (Phi) is 3.60. The number of nitrogens with one attached hydrogen (secondary N) is 1. The number of aryl methyl sites for hydroxylation is 1. The molecule has 4 rings (SSSR count). The van der Waals surface area contributed by atoms with Crippen LogP contribution in [0.25, 0.3) is 0 Å². The molecule has 1 aromatic carbocycles. The van der Waals surface area contributed by atoms with Crippen LogP contribution in [-0.2, 0) is 16.6 Å². The number of amides is 1. The lowest BCUT2D eigenvalue weighted by atomic mass is 9.80. The number of para-hydroxylation sites is 1. The maximum absolute atomic E-state index is 12.7. The van der Waals surface area contributed by atoms with E-state index < -0.39 is 0 Å². The smallest absolute Gasteiger partial charge is 0.228 e. The van der Waals surface area contributed by atoms with Gasteiger partial charge < -0.3 is 14.6 Å². The number of carbonyl (C=O) groups excluding carboxylic acids is 1. The lowest BCUT2D eigenvalue weighted by Gasteiger charge is -2.38. The second-order valence-corrected chi connectivity index (χ2v) is 7.72. The Morgan fingerprint density at radius 1 is 1.36 bits per heavy atom. The summed E-state index contributed by atoms with van der Waals surface area (Å²) in [6.45, 7) is 6.48. The van der Waals surface area contributed by atoms with Crippen LogP contribution in [0.3, 0.4) is 0 Å². The number of carbonyl (C=O) groups is 1. The van der Waals surface area contributed by atoms with E-state index in [0.29, 0.717) is 24.7 Å². The minimum absolute atomic E-state index is 0.00115. The minimum atomic E-state index is -0.259. The molecule has 6 heteroatoms. The second-order valence-electron chi connectivity index (χ2n) is 7.72. The SMILES string of the molecule is Cc1noc(CCNC(=O)[C@H]2C[C@@]23CC(C)(C)Oc2ccccc23)n1. The van der Waals surface area contributed by atoms with Gasteiger partial charge in [0.25, 0.3) is 0 Å². The maximum atomic E-state index is 12.7. The van der Waals surface area contributed by atoms with E-state index >= 15 is 0 Å². The highest BCUT2D eigenvalue weighted by atomic mass is 16.5. The zero-order chi connectivity index (χ0) is 17.7. The normalized spacial score (nSPS) is 26.0. The Balaban J connectivity index is 1.44. The average Bonchev–Trinajstić information content (AvgIpc) is 3.09. The molecule has 1 N–H and O–H groups in total. The quantitative estimate of drug-likeness (QED) is 0.925. The molecule has 2 aromatic rings. The summed E-state index contributed by atoms with van der Waals surface area (Å²) in [4.78, 5) is 16.8.